The first-order valence-electron chi connectivity index (χ1n) is 5.46. The van der Waals surface area contributed by atoms with Crippen molar-refractivity contribution in [3.63, 3.8) is 0 Å². The molecule has 0 aromatic carbocycles. The monoisotopic (exact) mass is 239 g/mol. The lowest BCUT2D eigenvalue weighted by Crippen LogP contribution is -2.31. The largest absolute Gasteiger partial charge is 0.473 e. The molecule has 1 aliphatic heterocycles. The third-order valence-electron chi connectivity index (χ3n) is 3.52. The molecule has 7 heteroatoms. The first-order valence-corrected chi connectivity index (χ1v) is 5.46. The maximum atomic E-state index is 11.7. The van der Waals surface area contributed by atoms with Gasteiger partial charge < -0.3 is 20.7 Å². The molecule has 2 heterocycles. The molecule has 0 spiro atoms. The number of fused-ring (bicyclic) bond motifs is 3. The first-order chi connectivity index (χ1) is 8.11. The fourth-order valence-corrected chi connectivity index (χ4v) is 2.73. The van der Waals surface area contributed by atoms with Gasteiger partial charge in [-0.25, -0.2) is 4.79 Å². The Hall–Kier alpha value is -1.60. The molecule has 17 heavy (non-hydrogen) atoms. The normalized spacial score (nSPS) is 34.2. The molecule has 1 aromatic rings. The molecule has 0 bridgehead atoms. The molecule has 92 valence electrons. The Kier molecular flexibility index (Phi) is 2.14. The van der Waals surface area contributed by atoms with Crippen LogP contribution in [-0.2, 0) is 0 Å². The number of aliphatic hydroxyl groups excluding tert-OH is 2. The van der Waals surface area contributed by atoms with Gasteiger partial charge in [0.25, 0.3) is 0 Å². The van der Waals surface area contributed by atoms with Crippen LogP contribution in [0.5, 0.6) is 5.88 Å². The highest BCUT2D eigenvalue weighted by molar-refractivity contribution is 5.34. The van der Waals surface area contributed by atoms with Crippen LogP contribution in [0.15, 0.2) is 10.9 Å². The predicted molar refractivity (Wildman–Crippen MR) is 57.6 cm³/mol. The van der Waals surface area contributed by atoms with E-state index in [2.05, 4.69) is 4.98 Å². The average Bonchev–Trinajstić information content (AvgIpc) is 2.71. The summed E-state index contributed by atoms with van der Waals surface area (Å²) < 4.78 is 6.99. The molecule has 2 aliphatic rings. The smallest absolute Gasteiger partial charge is 0.352 e. The topological polar surface area (TPSA) is 111 Å². The van der Waals surface area contributed by atoms with Gasteiger partial charge in [0.1, 0.15) is 11.9 Å². The molecule has 0 amide bonds. The van der Waals surface area contributed by atoms with Crippen LogP contribution in [0.25, 0.3) is 0 Å². The van der Waals surface area contributed by atoms with Crippen molar-refractivity contribution in [3.05, 3.63) is 16.6 Å². The number of anilines is 1. The molecular weight excluding hydrogens is 226 g/mol. The number of hydrogen-bond acceptors (Lipinski definition) is 6. The van der Waals surface area contributed by atoms with Crippen LogP contribution in [0.2, 0.25) is 0 Å². The summed E-state index contributed by atoms with van der Waals surface area (Å²) in [5.41, 5.74) is 5.00. The molecule has 1 saturated carbocycles. The zero-order chi connectivity index (χ0) is 12.2. The van der Waals surface area contributed by atoms with E-state index in [9.17, 15) is 15.0 Å². The Bertz CT molecular complexity index is 515. The minimum atomic E-state index is -0.660. The number of ether oxygens (including phenoxy) is 1. The van der Waals surface area contributed by atoms with Gasteiger partial charge in [-0.1, -0.05) is 0 Å². The quantitative estimate of drug-likeness (QED) is 0.550. The highest BCUT2D eigenvalue weighted by Gasteiger charge is 2.49. The van der Waals surface area contributed by atoms with E-state index < -0.39 is 11.8 Å². The summed E-state index contributed by atoms with van der Waals surface area (Å²) in [5.74, 6) is 0.102. The Morgan fingerprint density at radius 1 is 1.65 bits per heavy atom. The molecule has 0 unspecified atom stereocenters. The molecule has 7 nitrogen and oxygen atoms in total. The Balaban J connectivity index is 2.07. The predicted octanol–water partition coefficient (Wildman–Crippen LogP) is -1.50. The first kappa shape index (κ1) is 10.5. The number of aliphatic hydroxyl groups is 2. The minimum Gasteiger partial charge on any atom is -0.473 e. The number of nitrogens with two attached hydrogens (primary N) is 1. The summed E-state index contributed by atoms with van der Waals surface area (Å²) in [6.45, 7) is -0.173. The molecule has 4 atom stereocenters. The van der Waals surface area contributed by atoms with E-state index in [4.69, 9.17) is 10.5 Å². The van der Waals surface area contributed by atoms with Crippen molar-refractivity contribution in [3.8, 4) is 5.88 Å². The fraction of sp³-hybridized carbons (Fsp3) is 0.600. The Morgan fingerprint density at radius 3 is 3.12 bits per heavy atom. The van der Waals surface area contributed by atoms with Crippen LogP contribution in [-0.4, -0.2) is 38.6 Å². The maximum Gasteiger partial charge on any atom is 0.352 e. The van der Waals surface area contributed by atoms with E-state index in [1.165, 1.54) is 10.6 Å². The number of nitrogens with zero attached hydrogens (tertiary/aromatic N) is 2. The van der Waals surface area contributed by atoms with Gasteiger partial charge in [0.2, 0.25) is 5.88 Å². The maximum absolute atomic E-state index is 11.7. The van der Waals surface area contributed by atoms with Crippen molar-refractivity contribution < 1.29 is 14.9 Å². The molecule has 4 N–H and O–H groups in total. The van der Waals surface area contributed by atoms with Crippen LogP contribution in [0.4, 0.5) is 5.82 Å². The van der Waals surface area contributed by atoms with Crippen LogP contribution in [0.1, 0.15) is 12.5 Å². The number of rotatable bonds is 1. The lowest BCUT2D eigenvalue weighted by molar-refractivity contribution is 0.0425. The second-order valence-corrected chi connectivity index (χ2v) is 4.47. The third-order valence-corrected chi connectivity index (χ3v) is 3.52. The molecule has 3 rings (SSSR count). The van der Waals surface area contributed by atoms with Gasteiger partial charge in [-0.05, 0) is 6.42 Å². The van der Waals surface area contributed by atoms with Gasteiger partial charge in [-0.3, -0.25) is 4.57 Å². The Morgan fingerprint density at radius 2 is 2.41 bits per heavy atom. The van der Waals surface area contributed by atoms with Crippen LogP contribution < -0.4 is 16.2 Å². The SMILES string of the molecule is Nc1cc2n(c(=O)n1)[C@H]1C[C@H](O)[C@@H](CO)[C@H]1O2. The van der Waals surface area contributed by atoms with Gasteiger partial charge in [-0.2, -0.15) is 4.98 Å². The van der Waals surface area contributed by atoms with Crippen molar-refractivity contribution in [2.75, 3.05) is 12.3 Å². The lowest BCUT2D eigenvalue weighted by atomic mass is 10.1. The number of aromatic nitrogens is 2. The van der Waals surface area contributed by atoms with Gasteiger partial charge in [0, 0.05) is 12.0 Å². The highest BCUT2D eigenvalue weighted by Crippen LogP contribution is 2.43. The van der Waals surface area contributed by atoms with Crippen LogP contribution in [0.3, 0.4) is 0 Å². The number of hydrogen-bond donors (Lipinski definition) is 3. The van der Waals surface area contributed by atoms with E-state index in [-0.39, 0.29) is 30.5 Å². The summed E-state index contributed by atoms with van der Waals surface area (Å²) >= 11 is 0. The standard InChI is InChI=1S/C10H13N3O4/c11-7-2-8-13(10(16)12-7)5-1-6(15)4(3-14)9(5)17-8/h2,4-6,9,14-15H,1,3H2,(H2,11,12,16)/t4-,5+,6+,9-/m1/s1. The molecule has 0 radical (unpaired) electrons. The summed E-state index contributed by atoms with van der Waals surface area (Å²) in [6.07, 6.45) is -0.659. The summed E-state index contributed by atoms with van der Waals surface area (Å²) in [6, 6.07) is 1.22. The Labute approximate surface area is 96.5 Å². The van der Waals surface area contributed by atoms with Crippen molar-refractivity contribution in [1.82, 2.24) is 9.55 Å². The number of nitrogen functional groups attached to an aromatic ring is 1. The van der Waals surface area contributed by atoms with Gasteiger partial charge in [-0.15, -0.1) is 0 Å². The molecular formula is C10H13N3O4. The lowest BCUT2D eigenvalue weighted by Gasteiger charge is -2.17. The second-order valence-electron chi connectivity index (χ2n) is 4.47. The summed E-state index contributed by atoms with van der Waals surface area (Å²) in [4.78, 5) is 15.4. The van der Waals surface area contributed by atoms with Crippen molar-refractivity contribution in [1.29, 1.82) is 0 Å². The van der Waals surface area contributed by atoms with Crippen molar-refractivity contribution >= 4 is 5.82 Å². The van der Waals surface area contributed by atoms with Crippen molar-refractivity contribution in [2.45, 2.75) is 24.7 Å². The molecule has 1 aliphatic carbocycles. The molecule has 1 aromatic heterocycles. The zero-order valence-electron chi connectivity index (χ0n) is 8.98. The second kappa shape index (κ2) is 3.44. The fourth-order valence-electron chi connectivity index (χ4n) is 2.73. The van der Waals surface area contributed by atoms with Gasteiger partial charge in [0.15, 0.2) is 0 Å². The van der Waals surface area contributed by atoms with Gasteiger partial charge >= 0.3 is 5.69 Å². The van der Waals surface area contributed by atoms with E-state index in [0.717, 1.165) is 0 Å². The van der Waals surface area contributed by atoms with E-state index in [1.54, 1.807) is 0 Å². The minimum absolute atomic E-state index is 0.113. The summed E-state index contributed by atoms with van der Waals surface area (Å²) in [5, 5.41) is 19.0. The van der Waals surface area contributed by atoms with Crippen LogP contribution >= 0.6 is 0 Å². The zero-order valence-corrected chi connectivity index (χ0v) is 8.98. The summed E-state index contributed by atoms with van der Waals surface area (Å²) in [7, 11) is 0. The van der Waals surface area contributed by atoms with E-state index >= 15 is 0 Å². The molecule has 0 saturated heterocycles. The van der Waals surface area contributed by atoms with Crippen molar-refractivity contribution in [2.24, 2.45) is 5.92 Å². The highest BCUT2D eigenvalue weighted by atomic mass is 16.5. The molecule has 1 fully saturated rings. The average molecular weight is 239 g/mol. The third kappa shape index (κ3) is 1.36. The van der Waals surface area contributed by atoms with E-state index in [0.29, 0.717) is 12.3 Å². The van der Waals surface area contributed by atoms with E-state index in [1.807, 2.05) is 0 Å². The van der Waals surface area contributed by atoms with Gasteiger partial charge in [0.05, 0.1) is 18.8 Å². The van der Waals surface area contributed by atoms with Crippen LogP contribution in [0, 0.1) is 5.92 Å².